The third-order valence-electron chi connectivity index (χ3n) is 4.27. The van der Waals surface area contributed by atoms with Crippen LogP contribution in [0.2, 0.25) is 0 Å². The van der Waals surface area contributed by atoms with Crippen LogP contribution in [-0.2, 0) is 0 Å². The van der Waals surface area contributed by atoms with Gasteiger partial charge in [-0.2, -0.15) is 0 Å². The molecular weight excluding hydrogens is 354 g/mol. The fourth-order valence-electron chi connectivity index (χ4n) is 2.74. The first kappa shape index (κ1) is 21.1. The van der Waals surface area contributed by atoms with Crippen molar-refractivity contribution in [1.82, 2.24) is 4.90 Å². The second kappa shape index (κ2) is 9.67. The van der Waals surface area contributed by atoms with Crippen molar-refractivity contribution >= 4 is 11.6 Å². The summed E-state index contributed by atoms with van der Waals surface area (Å²) in [6, 6.07) is 13.8. The zero-order valence-corrected chi connectivity index (χ0v) is 16.5. The number of carbonyl (C=O) groups is 2. The van der Waals surface area contributed by atoms with E-state index in [4.69, 9.17) is 9.47 Å². The third kappa shape index (κ3) is 5.41. The maximum Gasteiger partial charge on any atom is 0.189 e. The maximum atomic E-state index is 12.5. The summed E-state index contributed by atoms with van der Waals surface area (Å²) >= 11 is 0. The number of benzene rings is 2. The highest BCUT2D eigenvalue weighted by Crippen LogP contribution is 2.16. The number of hydrogen-bond donors (Lipinski definition) is 0. The van der Waals surface area contributed by atoms with Crippen LogP contribution in [0.25, 0.3) is 0 Å². The highest BCUT2D eigenvalue weighted by atomic mass is 16.5. The first-order valence-electron chi connectivity index (χ1n) is 8.77. The van der Waals surface area contributed by atoms with Gasteiger partial charge in [-0.1, -0.05) is 13.2 Å². The summed E-state index contributed by atoms with van der Waals surface area (Å²) in [5.41, 5.74) is 1.98. The number of carbonyl (C=O) groups excluding carboxylic acids is 2. The van der Waals surface area contributed by atoms with Crippen LogP contribution in [0.3, 0.4) is 0 Å². The molecule has 0 N–H and O–H groups in total. The van der Waals surface area contributed by atoms with Gasteiger partial charge in [0.25, 0.3) is 0 Å². The van der Waals surface area contributed by atoms with E-state index < -0.39 is 0 Å². The molecule has 5 heteroatoms. The van der Waals surface area contributed by atoms with Crippen LogP contribution in [0.15, 0.2) is 72.8 Å². The van der Waals surface area contributed by atoms with E-state index in [1.807, 2.05) is 11.9 Å². The number of nitrogens with zero attached hydrogens (tertiary/aromatic N) is 1. The lowest BCUT2D eigenvalue weighted by Crippen LogP contribution is -2.27. The molecule has 0 amide bonds. The molecule has 0 bridgehead atoms. The Bertz CT molecular complexity index is 793. The summed E-state index contributed by atoms with van der Waals surface area (Å²) in [7, 11) is 4.97. The van der Waals surface area contributed by atoms with Gasteiger partial charge < -0.3 is 9.47 Å². The Morgan fingerprint density at radius 3 is 1.36 bits per heavy atom. The summed E-state index contributed by atoms with van der Waals surface area (Å²) < 4.78 is 10.2. The van der Waals surface area contributed by atoms with Gasteiger partial charge in [0.1, 0.15) is 11.5 Å². The first-order chi connectivity index (χ1) is 13.3. The Morgan fingerprint density at radius 2 is 1.07 bits per heavy atom. The predicted octanol–water partition coefficient (Wildman–Crippen LogP) is 3.81. The fraction of sp³-hybridized carbons (Fsp3) is 0.217. The third-order valence-corrected chi connectivity index (χ3v) is 4.27. The maximum absolute atomic E-state index is 12.5. The van der Waals surface area contributed by atoms with E-state index in [9.17, 15) is 9.59 Å². The monoisotopic (exact) mass is 379 g/mol. The van der Waals surface area contributed by atoms with Gasteiger partial charge in [-0.15, -0.1) is 0 Å². The van der Waals surface area contributed by atoms with Crippen molar-refractivity contribution in [2.75, 3.05) is 34.4 Å². The zero-order valence-electron chi connectivity index (χ0n) is 16.5. The minimum absolute atomic E-state index is 0.137. The Hall–Kier alpha value is -3.18. The number of ketones is 2. The number of rotatable bonds is 10. The highest BCUT2D eigenvalue weighted by molar-refractivity contribution is 6.09. The molecule has 0 aliphatic carbocycles. The standard InChI is InChI=1S/C23H25NO4/c1-16(22(25)18-6-10-20(27-4)11-7-18)14-24(3)15-17(2)23(26)19-8-12-21(28-5)13-9-19/h6-13H,1-2,14-15H2,3-5H3. The first-order valence-corrected chi connectivity index (χ1v) is 8.77. The van der Waals surface area contributed by atoms with E-state index in [0.29, 0.717) is 46.9 Å². The molecule has 2 rings (SSSR count). The molecule has 28 heavy (non-hydrogen) atoms. The highest BCUT2D eigenvalue weighted by Gasteiger charge is 2.16. The second-order valence-corrected chi connectivity index (χ2v) is 6.49. The Morgan fingerprint density at radius 1 is 0.750 bits per heavy atom. The van der Waals surface area contributed by atoms with Crippen LogP contribution in [0.1, 0.15) is 20.7 Å². The van der Waals surface area contributed by atoms with Gasteiger partial charge >= 0.3 is 0 Å². The molecule has 2 aromatic rings. The summed E-state index contributed by atoms with van der Waals surface area (Å²) in [5.74, 6) is 1.10. The van der Waals surface area contributed by atoms with Crippen molar-refractivity contribution in [2.45, 2.75) is 0 Å². The molecule has 0 fully saturated rings. The van der Waals surface area contributed by atoms with Crippen molar-refractivity contribution in [2.24, 2.45) is 0 Å². The number of Topliss-reactive ketones (excluding diaryl/α,β-unsaturated/α-hetero) is 2. The average molecular weight is 379 g/mol. The smallest absolute Gasteiger partial charge is 0.189 e. The topological polar surface area (TPSA) is 55.8 Å². The van der Waals surface area contributed by atoms with E-state index in [1.165, 1.54) is 0 Å². The summed E-state index contributed by atoms with van der Waals surface area (Å²) in [4.78, 5) is 26.9. The predicted molar refractivity (Wildman–Crippen MR) is 110 cm³/mol. The van der Waals surface area contributed by atoms with Crippen LogP contribution in [-0.4, -0.2) is 50.8 Å². The zero-order chi connectivity index (χ0) is 20.7. The molecule has 146 valence electrons. The van der Waals surface area contributed by atoms with Gasteiger partial charge in [-0.25, -0.2) is 0 Å². The van der Waals surface area contributed by atoms with E-state index >= 15 is 0 Å². The van der Waals surface area contributed by atoms with Gasteiger partial charge in [-0.3, -0.25) is 14.5 Å². The van der Waals surface area contributed by atoms with Gasteiger partial charge in [0.15, 0.2) is 11.6 Å². The van der Waals surface area contributed by atoms with E-state index in [-0.39, 0.29) is 11.6 Å². The number of hydrogen-bond acceptors (Lipinski definition) is 5. The van der Waals surface area contributed by atoms with Crippen molar-refractivity contribution in [3.05, 3.63) is 84.0 Å². The molecule has 0 radical (unpaired) electrons. The van der Waals surface area contributed by atoms with Gasteiger partial charge in [0, 0.05) is 35.4 Å². The second-order valence-electron chi connectivity index (χ2n) is 6.49. The van der Waals surface area contributed by atoms with E-state index in [0.717, 1.165) is 0 Å². The Kier molecular flexibility index (Phi) is 7.29. The van der Waals surface area contributed by atoms with Crippen LogP contribution in [0.5, 0.6) is 11.5 Å². The summed E-state index contributed by atoms with van der Waals surface area (Å²) in [5, 5.41) is 0. The molecule has 5 nitrogen and oxygen atoms in total. The molecular formula is C23H25NO4. The normalized spacial score (nSPS) is 10.4. The number of methoxy groups -OCH3 is 2. The molecule has 0 heterocycles. The molecule has 0 spiro atoms. The van der Waals surface area contributed by atoms with Crippen LogP contribution < -0.4 is 9.47 Å². The van der Waals surface area contributed by atoms with Gasteiger partial charge in [0.2, 0.25) is 0 Å². The Balaban J connectivity index is 1.92. The molecule has 0 saturated carbocycles. The van der Waals surface area contributed by atoms with Crippen molar-refractivity contribution in [3.8, 4) is 11.5 Å². The summed E-state index contributed by atoms with van der Waals surface area (Å²) in [6.07, 6.45) is 0. The lowest BCUT2D eigenvalue weighted by molar-refractivity contribution is 0.102. The van der Waals surface area contributed by atoms with E-state index in [2.05, 4.69) is 13.2 Å². The largest absolute Gasteiger partial charge is 0.497 e. The van der Waals surface area contributed by atoms with Crippen LogP contribution in [0, 0.1) is 0 Å². The van der Waals surface area contributed by atoms with Crippen LogP contribution in [0.4, 0.5) is 0 Å². The molecule has 0 aliphatic rings. The van der Waals surface area contributed by atoms with Gasteiger partial charge in [0.05, 0.1) is 14.2 Å². The minimum atomic E-state index is -0.137. The number of likely N-dealkylation sites (N-methyl/N-ethyl adjacent to an activating group) is 1. The molecule has 0 saturated heterocycles. The molecule has 0 aromatic heterocycles. The molecule has 2 aromatic carbocycles. The minimum Gasteiger partial charge on any atom is -0.497 e. The fourth-order valence-corrected chi connectivity index (χ4v) is 2.74. The quantitative estimate of drug-likeness (QED) is 0.464. The molecule has 0 unspecified atom stereocenters. The lowest BCUT2D eigenvalue weighted by Gasteiger charge is -2.18. The SMILES string of the molecule is C=C(CN(C)CC(=C)C(=O)c1ccc(OC)cc1)C(=O)c1ccc(OC)cc1. The average Bonchev–Trinajstić information content (AvgIpc) is 2.72. The summed E-state index contributed by atoms with van der Waals surface area (Å²) in [6.45, 7) is 8.45. The van der Waals surface area contributed by atoms with Crippen molar-refractivity contribution < 1.29 is 19.1 Å². The molecule has 0 atom stereocenters. The Labute approximate surface area is 165 Å². The van der Waals surface area contributed by atoms with Crippen LogP contribution >= 0.6 is 0 Å². The van der Waals surface area contributed by atoms with Gasteiger partial charge in [-0.05, 0) is 55.6 Å². The number of ether oxygens (including phenoxy) is 2. The van der Waals surface area contributed by atoms with Crippen molar-refractivity contribution in [3.63, 3.8) is 0 Å². The van der Waals surface area contributed by atoms with Crippen molar-refractivity contribution in [1.29, 1.82) is 0 Å². The molecule has 0 aliphatic heterocycles. The lowest BCUT2D eigenvalue weighted by atomic mass is 10.0. The van der Waals surface area contributed by atoms with E-state index in [1.54, 1.807) is 62.8 Å².